The molecule has 0 unspecified atom stereocenters. The number of carbonyl (C=O) groups is 2. The summed E-state index contributed by atoms with van der Waals surface area (Å²) < 4.78 is 0. The second-order valence-corrected chi connectivity index (χ2v) is 13.4. The second kappa shape index (κ2) is 12.6. The Balaban J connectivity index is 1.39. The van der Waals surface area contributed by atoms with Crippen LogP contribution in [0.4, 0.5) is 5.69 Å². The van der Waals surface area contributed by atoms with Crippen molar-refractivity contribution in [2.24, 2.45) is 17.8 Å². The van der Waals surface area contributed by atoms with Crippen molar-refractivity contribution in [3.63, 3.8) is 0 Å². The molecule has 1 fully saturated rings. The van der Waals surface area contributed by atoms with Gasteiger partial charge in [0.2, 0.25) is 0 Å². The predicted octanol–water partition coefficient (Wildman–Crippen LogP) is 7.61. The van der Waals surface area contributed by atoms with Crippen molar-refractivity contribution in [2.45, 2.75) is 72.1 Å². The Morgan fingerprint density at radius 3 is 2.30 bits per heavy atom. The van der Waals surface area contributed by atoms with Crippen LogP contribution in [0.2, 0.25) is 0 Å². The maximum absolute atomic E-state index is 14.1. The van der Waals surface area contributed by atoms with E-state index in [9.17, 15) is 14.7 Å². The highest BCUT2D eigenvalue weighted by Crippen LogP contribution is 2.53. The van der Waals surface area contributed by atoms with Gasteiger partial charge in [0, 0.05) is 52.8 Å². The average molecular weight is 617 g/mol. The van der Waals surface area contributed by atoms with E-state index in [1.807, 2.05) is 30.3 Å². The summed E-state index contributed by atoms with van der Waals surface area (Å²) in [5.74, 6) is 1.19. The number of amides is 2. The molecule has 3 aliphatic rings. The molecule has 0 saturated heterocycles. The van der Waals surface area contributed by atoms with Crippen molar-refractivity contribution in [2.75, 3.05) is 25.0 Å². The molecule has 2 N–H and O–H groups in total. The minimum atomic E-state index is -0.223. The van der Waals surface area contributed by atoms with E-state index in [-0.39, 0.29) is 18.4 Å². The Labute approximate surface area is 271 Å². The van der Waals surface area contributed by atoms with Crippen LogP contribution in [-0.4, -0.2) is 51.7 Å². The number of imide groups is 1. The van der Waals surface area contributed by atoms with Crippen molar-refractivity contribution in [3.8, 4) is 22.4 Å². The van der Waals surface area contributed by atoms with Gasteiger partial charge in [-0.3, -0.25) is 14.5 Å². The molecule has 2 heterocycles. The minimum Gasteiger partial charge on any atom is -0.396 e. The fourth-order valence-corrected chi connectivity index (χ4v) is 8.08. The van der Waals surface area contributed by atoms with Crippen LogP contribution in [0.1, 0.15) is 89.9 Å². The maximum Gasteiger partial charge on any atom is 0.261 e. The molecule has 7 heteroatoms. The Kier molecular flexibility index (Phi) is 8.36. The van der Waals surface area contributed by atoms with E-state index in [0.29, 0.717) is 35.4 Å². The topological polar surface area (TPSA) is 95.4 Å². The third kappa shape index (κ3) is 5.19. The van der Waals surface area contributed by atoms with Crippen molar-refractivity contribution in [1.29, 1.82) is 0 Å². The van der Waals surface area contributed by atoms with Gasteiger partial charge in [0.25, 0.3) is 11.8 Å². The molecule has 1 aliphatic heterocycles. The van der Waals surface area contributed by atoms with Crippen molar-refractivity contribution in [1.82, 2.24) is 15.1 Å². The summed E-state index contributed by atoms with van der Waals surface area (Å²) in [5, 5.41) is 24.7. The van der Waals surface area contributed by atoms with Gasteiger partial charge in [-0.1, -0.05) is 51.0 Å². The summed E-state index contributed by atoms with van der Waals surface area (Å²) in [6.07, 6.45) is 7.77. The van der Waals surface area contributed by atoms with E-state index >= 15 is 0 Å². The number of nitrogens with one attached hydrogen (secondary N) is 1. The molecule has 2 aliphatic carbocycles. The number of aliphatic hydroxyl groups is 1. The number of anilines is 1. The molecule has 0 spiro atoms. The number of fused-ring (bicyclic) bond motifs is 2. The third-order valence-electron chi connectivity index (χ3n) is 10.7. The zero-order chi connectivity index (χ0) is 31.9. The predicted molar refractivity (Wildman–Crippen MR) is 183 cm³/mol. The van der Waals surface area contributed by atoms with Gasteiger partial charge in [0.15, 0.2) is 0 Å². The monoisotopic (exact) mass is 616 g/mol. The van der Waals surface area contributed by atoms with E-state index in [4.69, 9.17) is 5.10 Å². The molecule has 4 aromatic rings. The largest absolute Gasteiger partial charge is 0.396 e. The molecule has 2 amide bonds. The number of rotatable bonds is 10. The summed E-state index contributed by atoms with van der Waals surface area (Å²) in [5.41, 5.74) is 9.49. The molecule has 7 nitrogen and oxygen atoms in total. The third-order valence-corrected chi connectivity index (χ3v) is 10.7. The molecular weight excluding hydrogens is 572 g/mol. The Hall–Kier alpha value is -4.10. The number of hydrogen-bond donors (Lipinski definition) is 2. The highest BCUT2D eigenvalue weighted by atomic mass is 16.3. The lowest BCUT2D eigenvalue weighted by molar-refractivity contribution is 0.0608. The molecule has 0 bridgehead atoms. The van der Waals surface area contributed by atoms with Gasteiger partial charge in [-0.15, -0.1) is 5.10 Å². The van der Waals surface area contributed by atoms with Crippen LogP contribution in [0.3, 0.4) is 0 Å². The summed E-state index contributed by atoms with van der Waals surface area (Å²) in [6, 6.07) is 16.3. The second-order valence-electron chi connectivity index (χ2n) is 13.4. The first-order valence-corrected chi connectivity index (χ1v) is 17.2. The first kappa shape index (κ1) is 30.5. The van der Waals surface area contributed by atoms with Gasteiger partial charge in [0.05, 0.1) is 11.4 Å². The zero-order valence-corrected chi connectivity index (χ0v) is 27.2. The fraction of sp³-hybridized carbons (Fsp3) is 0.436. The number of aromatic nitrogens is 2. The van der Waals surface area contributed by atoms with Crippen LogP contribution >= 0.6 is 0 Å². The number of unbranched alkanes of at least 4 members (excludes halogenated alkanes) is 2. The zero-order valence-electron chi connectivity index (χ0n) is 27.2. The summed E-state index contributed by atoms with van der Waals surface area (Å²) in [7, 11) is 0. The van der Waals surface area contributed by atoms with Crippen molar-refractivity contribution < 1.29 is 14.7 Å². The number of nitrogens with zero attached hydrogens (tertiary/aromatic N) is 3. The van der Waals surface area contributed by atoms with Gasteiger partial charge in [0.1, 0.15) is 0 Å². The molecule has 7 rings (SSSR count). The molecule has 3 aromatic carbocycles. The summed E-state index contributed by atoms with van der Waals surface area (Å²) in [4.78, 5) is 29.1. The highest BCUT2D eigenvalue weighted by molar-refractivity contribution is 6.27. The van der Waals surface area contributed by atoms with Crippen molar-refractivity contribution in [3.05, 3.63) is 76.5 Å². The quantitative estimate of drug-likeness (QED) is 0.141. The molecular formula is C39H44N4O3. The summed E-state index contributed by atoms with van der Waals surface area (Å²) >= 11 is 0. The van der Waals surface area contributed by atoms with Gasteiger partial charge in [-0.05, 0) is 110 Å². The number of hydrogen-bond acceptors (Lipinski definition) is 6. The Bertz CT molecular complexity index is 1830. The van der Waals surface area contributed by atoms with Crippen LogP contribution in [-0.2, 0) is 12.8 Å². The van der Waals surface area contributed by atoms with E-state index in [0.717, 1.165) is 102 Å². The van der Waals surface area contributed by atoms with E-state index in [1.54, 1.807) is 0 Å². The summed E-state index contributed by atoms with van der Waals surface area (Å²) in [6.45, 7) is 7.81. The van der Waals surface area contributed by atoms with Crippen LogP contribution in [0.25, 0.3) is 33.2 Å². The average Bonchev–Trinajstić information content (AvgIpc) is 3.74. The number of aliphatic hydroxyl groups excluding tert-OH is 1. The van der Waals surface area contributed by atoms with Gasteiger partial charge >= 0.3 is 0 Å². The van der Waals surface area contributed by atoms with Crippen LogP contribution < -0.4 is 5.32 Å². The number of aryl methyl sites for hydroxylation is 1. The van der Waals surface area contributed by atoms with Crippen LogP contribution in [0, 0.1) is 24.7 Å². The number of benzene rings is 3. The fourth-order valence-electron chi connectivity index (χ4n) is 8.08. The number of carbonyl (C=O) groups excluding carboxylic acids is 2. The van der Waals surface area contributed by atoms with E-state index < -0.39 is 0 Å². The molecule has 3 atom stereocenters. The molecule has 0 radical (unpaired) electrons. The SMILES string of the molecule is CCCCNc1ccc2c3c(cc(-c4ccccc4-c4nnc(C)c5c4CC[C@@H]4[C@H](CO)[C@@H]4CC5)cc13)C(=O)N(CCCC)C2=O. The van der Waals surface area contributed by atoms with Crippen LogP contribution in [0.15, 0.2) is 48.5 Å². The van der Waals surface area contributed by atoms with E-state index in [2.05, 4.69) is 49.4 Å². The highest BCUT2D eigenvalue weighted by Gasteiger charge is 2.49. The van der Waals surface area contributed by atoms with Gasteiger partial charge in [-0.2, -0.15) is 5.10 Å². The van der Waals surface area contributed by atoms with E-state index in [1.165, 1.54) is 16.0 Å². The lowest BCUT2D eigenvalue weighted by Crippen LogP contribution is -2.40. The first-order valence-electron chi connectivity index (χ1n) is 17.2. The molecule has 238 valence electrons. The lowest BCUT2D eigenvalue weighted by atomic mass is 9.85. The Morgan fingerprint density at radius 2 is 1.57 bits per heavy atom. The van der Waals surface area contributed by atoms with Gasteiger partial charge < -0.3 is 10.4 Å². The molecule has 46 heavy (non-hydrogen) atoms. The standard InChI is InChI=1S/C39H44N4O3/c1-4-6-18-40-35-17-16-31-36-32(35)20-24(21-33(36)39(46)43(38(31)45)19-7-5-2)26-10-8-9-11-29(26)37-30-15-14-28-27(34(28)22-44)13-12-25(30)23(3)41-42-37/h8-11,16-17,20-21,27-28,34,40,44H,4-7,12-15,18-19,22H2,1-3H3/t27-,28+,34-/m1/s1. The Morgan fingerprint density at radius 1 is 0.848 bits per heavy atom. The lowest BCUT2D eigenvalue weighted by Gasteiger charge is -2.28. The molecule has 1 aromatic heterocycles. The van der Waals surface area contributed by atoms with Crippen molar-refractivity contribution >= 4 is 28.3 Å². The normalized spacial score (nSPS) is 20.3. The maximum atomic E-state index is 14.1. The smallest absolute Gasteiger partial charge is 0.261 e. The first-order chi connectivity index (χ1) is 22.5. The van der Waals surface area contributed by atoms with Gasteiger partial charge in [-0.25, -0.2) is 0 Å². The molecule has 1 saturated carbocycles. The minimum absolute atomic E-state index is 0.209. The van der Waals surface area contributed by atoms with Crippen LogP contribution in [0.5, 0.6) is 0 Å².